The van der Waals surface area contributed by atoms with Crippen molar-refractivity contribution in [2.24, 2.45) is 5.92 Å². The van der Waals surface area contributed by atoms with Crippen molar-refractivity contribution >= 4 is 5.91 Å². The summed E-state index contributed by atoms with van der Waals surface area (Å²) in [6.45, 7) is 8.26. The van der Waals surface area contributed by atoms with Gasteiger partial charge in [-0.15, -0.1) is 0 Å². The van der Waals surface area contributed by atoms with Crippen LogP contribution in [0.1, 0.15) is 43.7 Å². The number of carbonyl (C=O) groups excluding carboxylic acids is 1. The molecule has 0 saturated carbocycles. The number of aromatic nitrogens is 2. The Morgan fingerprint density at radius 3 is 2.48 bits per heavy atom. The molecular weight excluding hydrogens is 262 g/mol. The summed E-state index contributed by atoms with van der Waals surface area (Å²) in [5.74, 6) is 0.360. The zero-order chi connectivity index (χ0) is 15.4. The standard InChI is InChI=1S/C17H23N3O/c1-5-16-15(17(21)19-13(4)12(2)3)11-18-20(16)14-9-7-6-8-10-14/h6-13H,5H2,1-4H3,(H,19,21). The first-order valence-corrected chi connectivity index (χ1v) is 7.47. The van der Waals surface area contributed by atoms with Crippen molar-refractivity contribution in [3.8, 4) is 5.69 Å². The minimum absolute atomic E-state index is 0.0461. The van der Waals surface area contributed by atoms with E-state index in [9.17, 15) is 4.79 Å². The van der Waals surface area contributed by atoms with Gasteiger partial charge in [0.15, 0.2) is 0 Å². The first-order valence-electron chi connectivity index (χ1n) is 7.47. The molecule has 0 fully saturated rings. The maximum absolute atomic E-state index is 12.4. The molecule has 21 heavy (non-hydrogen) atoms. The van der Waals surface area contributed by atoms with E-state index in [-0.39, 0.29) is 11.9 Å². The molecule has 1 unspecified atom stereocenters. The Morgan fingerprint density at radius 1 is 1.24 bits per heavy atom. The highest BCUT2D eigenvalue weighted by Gasteiger charge is 2.19. The Morgan fingerprint density at radius 2 is 1.90 bits per heavy atom. The van der Waals surface area contributed by atoms with Gasteiger partial charge in [-0.25, -0.2) is 4.68 Å². The summed E-state index contributed by atoms with van der Waals surface area (Å²) in [4.78, 5) is 12.4. The second kappa shape index (κ2) is 6.57. The average Bonchev–Trinajstić information content (AvgIpc) is 2.91. The lowest BCUT2D eigenvalue weighted by atomic mass is 10.1. The van der Waals surface area contributed by atoms with Gasteiger partial charge in [0.25, 0.3) is 5.91 Å². The minimum atomic E-state index is -0.0461. The summed E-state index contributed by atoms with van der Waals surface area (Å²) in [5, 5.41) is 7.43. The summed E-state index contributed by atoms with van der Waals surface area (Å²) in [5.41, 5.74) is 2.58. The second-order valence-electron chi connectivity index (χ2n) is 5.61. The maximum atomic E-state index is 12.4. The summed E-state index contributed by atoms with van der Waals surface area (Å²) in [6.07, 6.45) is 2.42. The Kier molecular flexibility index (Phi) is 4.78. The third kappa shape index (κ3) is 3.32. The molecule has 1 amide bonds. The SMILES string of the molecule is CCc1c(C(=O)NC(C)C(C)C)cnn1-c1ccccc1. The quantitative estimate of drug-likeness (QED) is 0.917. The third-order valence-electron chi connectivity index (χ3n) is 3.81. The van der Waals surface area contributed by atoms with Gasteiger partial charge < -0.3 is 5.32 Å². The van der Waals surface area contributed by atoms with Crippen LogP contribution in [0, 0.1) is 5.92 Å². The van der Waals surface area contributed by atoms with Crippen LogP contribution >= 0.6 is 0 Å². The molecule has 0 saturated heterocycles. The van der Waals surface area contributed by atoms with E-state index in [0.29, 0.717) is 11.5 Å². The Bertz CT molecular complexity index is 602. The van der Waals surface area contributed by atoms with E-state index in [4.69, 9.17) is 0 Å². The van der Waals surface area contributed by atoms with Gasteiger partial charge >= 0.3 is 0 Å². The number of hydrogen-bond acceptors (Lipinski definition) is 2. The van der Waals surface area contributed by atoms with Gasteiger partial charge in [0, 0.05) is 6.04 Å². The van der Waals surface area contributed by atoms with E-state index in [0.717, 1.165) is 17.8 Å². The van der Waals surface area contributed by atoms with Crippen LogP contribution in [-0.2, 0) is 6.42 Å². The molecule has 112 valence electrons. The number of nitrogens with one attached hydrogen (secondary N) is 1. The zero-order valence-corrected chi connectivity index (χ0v) is 13.1. The van der Waals surface area contributed by atoms with E-state index in [1.807, 2.05) is 48.9 Å². The molecule has 0 aliphatic rings. The Hall–Kier alpha value is -2.10. The van der Waals surface area contributed by atoms with E-state index >= 15 is 0 Å². The molecule has 2 aromatic rings. The van der Waals surface area contributed by atoms with E-state index < -0.39 is 0 Å². The van der Waals surface area contributed by atoms with Crippen molar-refractivity contribution in [2.45, 2.75) is 40.2 Å². The summed E-state index contributed by atoms with van der Waals surface area (Å²) in [6, 6.07) is 10.0. The van der Waals surface area contributed by atoms with E-state index in [1.165, 1.54) is 0 Å². The van der Waals surface area contributed by atoms with Crippen LogP contribution < -0.4 is 5.32 Å². The topological polar surface area (TPSA) is 46.9 Å². The predicted octanol–water partition coefficient (Wildman–Crippen LogP) is 3.21. The highest BCUT2D eigenvalue weighted by atomic mass is 16.1. The van der Waals surface area contributed by atoms with Gasteiger partial charge in [-0.05, 0) is 31.4 Å². The van der Waals surface area contributed by atoms with Gasteiger partial charge in [-0.2, -0.15) is 5.10 Å². The van der Waals surface area contributed by atoms with Crippen LogP contribution in [0.3, 0.4) is 0 Å². The first kappa shape index (κ1) is 15.3. The molecule has 1 atom stereocenters. The lowest BCUT2D eigenvalue weighted by Gasteiger charge is -2.17. The average molecular weight is 285 g/mol. The molecule has 1 aromatic heterocycles. The number of amides is 1. The molecule has 2 rings (SSSR count). The van der Waals surface area contributed by atoms with Crippen molar-refractivity contribution < 1.29 is 4.79 Å². The Balaban J connectivity index is 2.30. The van der Waals surface area contributed by atoms with Crippen molar-refractivity contribution in [2.75, 3.05) is 0 Å². The largest absolute Gasteiger partial charge is 0.349 e. The molecule has 1 aromatic carbocycles. The highest BCUT2D eigenvalue weighted by molar-refractivity contribution is 5.95. The number of nitrogens with zero attached hydrogens (tertiary/aromatic N) is 2. The summed E-state index contributed by atoms with van der Waals surface area (Å²) < 4.78 is 1.84. The fourth-order valence-electron chi connectivity index (χ4n) is 2.15. The molecular formula is C17H23N3O. The molecule has 4 heteroatoms. The molecule has 0 aliphatic carbocycles. The smallest absolute Gasteiger partial charge is 0.254 e. The molecule has 0 radical (unpaired) electrons. The van der Waals surface area contributed by atoms with E-state index in [1.54, 1.807) is 6.20 Å². The number of benzene rings is 1. The monoisotopic (exact) mass is 285 g/mol. The number of hydrogen-bond donors (Lipinski definition) is 1. The van der Waals surface area contributed by atoms with Crippen LogP contribution in [0.5, 0.6) is 0 Å². The van der Waals surface area contributed by atoms with Crippen molar-refractivity contribution in [1.82, 2.24) is 15.1 Å². The molecule has 0 bridgehead atoms. The van der Waals surface area contributed by atoms with Gasteiger partial charge in [0.2, 0.25) is 0 Å². The number of rotatable bonds is 5. The second-order valence-corrected chi connectivity index (χ2v) is 5.61. The third-order valence-corrected chi connectivity index (χ3v) is 3.81. The van der Waals surface area contributed by atoms with E-state index in [2.05, 4.69) is 24.3 Å². The van der Waals surface area contributed by atoms with Gasteiger partial charge in [-0.3, -0.25) is 4.79 Å². The fourth-order valence-corrected chi connectivity index (χ4v) is 2.15. The van der Waals surface area contributed by atoms with Crippen LogP contribution in [0.4, 0.5) is 0 Å². The first-order chi connectivity index (χ1) is 10.0. The van der Waals surface area contributed by atoms with Crippen LogP contribution in [0.2, 0.25) is 0 Å². The van der Waals surface area contributed by atoms with Crippen molar-refractivity contribution in [3.63, 3.8) is 0 Å². The van der Waals surface area contributed by atoms with Crippen LogP contribution in [-0.4, -0.2) is 21.7 Å². The lowest BCUT2D eigenvalue weighted by molar-refractivity contribution is 0.0929. The molecule has 0 aliphatic heterocycles. The van der Waals surface area contributed by atoms with Crippen LogP contribution in [0.25, 0.3) is 5.69 Å². The number of para-hydroxylation sites is 1. The highest BCUT2D eigenvalue weighted by Crippen LogP contribution is 2.16. The lowest BCUT2D eigenvalue weighted by Crippen LogP contribution is -2.36. The fraction of sp³-hybridized carbons (Fsp3) is 0.412. The maximum Gasteiger partial charge on any atom is 0.254 e. The molecule has 1 N–H and O–H groups in total. The zero-order valence-electron chi connectivity index (χ0n) is 13.1. The molecule has 4 nitrogen and oxygen atoms in total. The van der Waals surface area contributed by atoms with Gasteiger partial charge in [-0.1, -0.05) is 39.0 Å². The molecule has 0 spiro atoms. The van der Waals surface area contributed by atoms with Crippen molar-refractivity contribution in [1.29, 1.82) is 0 Å². The molecule has 1 heterocycles. The summed E-state index contributed by atoms with van der Waals surface area (Å²) in [7, 11) is 0. The summed E-state index contributed by atoms with van der Waals surface area (Å²) >= 11 is 0. The Labute approximate surface area is 126 Å². The normalized spacial score (nSPS) is 12.4. The van der Waals surface area contributed by atoms with Crippen LogP contribution in [0.15, 0.2) is 36.5 Å². The predicted molar refractivity (Wildman–Crippen MR) is 84.7 cm³/mol. The minimum Gasteiger partial charge on any atom is -0.349 e. The number of carbonyl (C=O) groups is 1. The van der Waals surface area contributed by atoms with Gasteiger partial charge in [0.05, 0.1) is 23.1 Å². The van der Waals surface area contributed by atoms with Gasteiger partial charge in [0.1, 0.15) is 0 Å². The van der Waals surface area contributed by atoms with Crippen molar-refractivity contribution in [3.05, 3.63) is 47.8 Å².